The van der Waals surface area contributed by atoms with Gasteiger partial charge in [-0.1, -0.05) is 19.8 Å². The Morgan fingerprint density at radius 2 is 1.96 bits per heavy atom. The van der Waals surface area contributed by atoms with Crippen molar-refractivity contribution < 1.29 is 27.9 Å². The van der Waals surface area contributed by atoms with Gasteiger partial charge in [0.25, 0.3) is 5.91 Å². The highest BCUT2D eigenvalue weighted by Crippen LogP contribution is 2.17. The molecule has 1 aromatic rings. The number of carboxylic acid groups (broad SMARTS) is 1. The van der Waals surface area contributed by atoms with Gasteiger partial charge in [-0.2, -0.15) is 4.31 Å². The van der Waals surface area contributed by atoms with Crippen LogP contribution >= 0.6 is 0 Å². The second-order valence-corrected chi connectivity index (χ2v) is 8.16. The lowest BCUT2D eigenvalue weighted by Gasteiger charge is -2.25. The molecule has 10 heteroatoms. The summed E-state index contributed by atoms with van der Waals surface area (Å²) in [5, 5.41) is 14.2. The number of piperazine rings is 1. The van der Waals surface area contributed by atoms with Gasteiger partial charge in [0.05, 0.1) is 11.4 Å². The number of amides is 2. The molecule has 1 fully saturated rings. The molecule has 2 amide bonds. The first-order valence-corrected chi connectivity index (χ1v) is 10.1. The smallest absolute Gasteiger partial charge is 0.326 e. The number of sulfonamides is 1. The lowest BCUT2D eigenvalue weighted by atomic mass is 10.1. The highest BCUT2D eigenvalue weighted by molar-refractivity contribution is 7.89. The Morgan fingerprint density at radius 1 is 1.30 bits per heavy atom. The Bertz CT molecular complexity index is 806. The van der Waals surface area contributed by atoms with E-state index in [1.54, 1.807) is 0 Å². The summed E-state index contributed by atoms with van der Waals surface area (Å²) in [6.45, 7) is 2.09. The maximum absolute atomic E-state index is 12.6. The van der Waals surface area contributed by atoms with Gasteiger partial charge in [-0.15, -0.1) is 0 Å². The normalized spacial score (nSPS) is 16.4. The van der Waals surface area contributed by atoms with Crippen molar-refractivity contribution in [1.82, 2.24) is 14.9 Å². The van der Waals surface area contributed by atoms with Crippen LogP contribution in [0.3, 0.4) is 0 Å². The molecule has 0 saturated carbocycles. The fourth-order valence-corrected chi connectivity index (χ4v) is 4.05. The predicted octanol–water partition coefficient (Wildman–Crippen LogP) is 0.180. The van der Waals surface area contributed by atoms with E-state index in [9.17, 15) is 27.9 Å². The van der Waals surface area contributed by atoms with E-state index in [0.717, 1.165) is 10.7 Å². The van der Waals surface area contributed by atoms with Gasteiger partial charge in [0.1, 0.15) is 6.04 Å². The van der Waals surface area contributed by atoms with E-state index in [2.05, 4.69) is 10.6 Å². The summed E-state index contributed by atoms with van der Waals surface area (Å²) >= 11 is 0. The van der Waals surface area contributed by atoms with E-state index in [0.29, 0.717) is 12.8 Å². The monoisotopic (exact) mass is 397 g/mol. The topological polar surface area (TPSA) is 133 Å². The molecule has 0 radical (unpaired) electrons. The summed E-state index contributed by atoms with van der Waals surface area (Å²) in [6, 6.07) is 4.21. The van der Waals surface area contributed by atoms with Crippen LogP contribution in [0, 0.1) is 0 Å². The Labute approximate surface area is 157 Å². The molecule has 1 atom stereocenters. The molecule has 2 rings (SSSR count). The van der Waals surface area contributed by atoms with Crippen molar-refractivity contribution in [3.63, 3.8) is 0 Å². The number of rotatable bonds is 8. The third-order valence-electron chi connectivity index (χ3n) is 4.21. The molecule has 0 aliphatic carbocycles. The Balaban J connectivity index is 2.10. The minimum atomic E-state index is -3.84. The number of hydrogen-bond donors (Lipinski definition) is 3. The Kier molecular flexibility index (Phi) is 6.92. The third-order valence-corrected chi connectivity index (χ3v) is 6.07. The molecule has 1 aromatic carbocycles. The van der Waals surface area contributed by atoms with Gasteiger partial charge in [0, 0.05) is 18.7 Å². The average molecular weight is 397 g/mol. The van der Waals surface area contributed by atoms with E-state index in [1.165, 1.54) is 24.3 Å². The quantitative estimate of drug-likeness (QED) is 0.573. The number of hydrogen-bond acceptors (Lipinski definition) is 5. The fraction of sp³-hybridized carbons (Fsp3) is 0.471. The third kappa shape index (κ3) is 5.27. The number of carbonyl (C=O) groups excluding carboxylic acids is 2. The molecule has 27 heavy (non-hydrogen) atoms. The first-order valence-electron chi connectivity index (χ1n) is 8.66. The minimum absolute atomic E-state index is 0.0329. The van der Waals surface area contributed by atoms with Crippen molar-refractivity contribution in [2.75, 3.05) is 19.6 Å². The van der Waals surface area contributed by atoms with Gasteiger partial charge in [-0.3, -0.25) is 9.59 Å². The zero-order valence-electron chi connectivity index (χ0n) is 15.0. The summed E-state index contributed by atoms with van der Waals surface area (Å²) < 4.78 is 26.2. The molecule has 0 spiro atoms. The number of benzene rings is 1. The largest absolute Gasteiger partial charge is 0.480 e. The summed E-state index contributed by atoms with van der Waals surface area (Å²) in [4.78, 5) is 34.8. The highest BCUT2D eigenvalue weighted by atomic mass is 32.2. The van der Waals surface area contributed by atoms with E-state index >= 15 is 0 Å². The lowest BCUT2D eigenvalue weighted by Crippen LogP contribution is -2.49. The molecule has 1 aliphatic rings. The van der Waals surface area contributed by atoms with E-state index in [4.69, 9.17) is 0 Å². The molecule has 1 unspecified atom stereocenters. The number of carboxylic acids is 1. The van der Waals surface area contributed by atoms with Crippen LogP contribution in [0.1, 0.15) is 36.5 Å². The van der Waals surface area contributed by atoms with E-state index in [-0.39, 0.29) is 36.0 Å². The molecule has 1 heterocycles. The highest BCUT2D eigenvalue weighted by Gasteiger charge is 2.29. The van der Waals surface area contributed by atoms with Crippen LogP contribution in [0.15, 0.2) is 29.2 Å². The maximum Gasteiger partial charge on any atom is 0.326 e. The van der Waals surface area contributed by atoms with Crippen molar-refractivity contribution in [3.05, 3.63) is 29.8 Å². The van der Waals surface area contributed by atoms with Crippen LogP contribution in [0.2, 0.25) is 0 Å². The number of unbranched alkanes of at least 4 members (excludes halogenated alkanes) is 1. The van der Waals surface area contributed by atoms with Crippen LogP contribution in [0.4, 0.5) is 0 Å². The molecule has 1 aliphatic heterocycles. The number of aliphatic carboxylic acids is 1. The first-order chi connectivity index (χ1) is 12.8. The van der Waals surface area contributed by atoms with Crippen LogP contribution < -0.4 is 10.6 Å². The van der Waals surface area contributed by atoms with Crippen molar-refractivity contribution in [3.8, 4) is 0 Å². The zero-order chi connectivity index (χ0) is 20.0. The van der Waals surface area contributed by atoms with Gasteiger partial charge >= 0.3 is 5.97 Å². The lowest BCUT2D eigenvalue weighted by molar-refractivity contribution is -0.139. The van der Waals surface area contributed by atoms with Gasteiger partial charge in [0.15, 0.2) is 0 Å². The average Bonchev–Trinajstić information content (AvgIpc) is 2.64. The second kappa shape index (κ2) is 8.96. The van der Waals surface area contributed by atoms with Crippen LogP contribution in [-0.2, 0) is 19.6 Å². The molecule has 148 valence electrons. The molecule has 9 nitrogen and oxygen atoms in total. The van der Waals surface area contributed by atoms with Gasteiger partial charge < -0.3 is 15.7 Å². The molecule has 1 saturated heterocycles. The number of nitrogens with one attached hydrogen (secondary N) is 2. The van der Waals surface area contributed by atoms with Crippen LogP contribution in [0.5, 0.6) is 0 Å². The van der Waals surface area contributed by atoms with E-state index < -0.39 is 27.9 Å². The second-order valence-electron chi connectivity index (χ2n) is 6.22. The Morgan fingerprint density at radius 3 is 2.52 bits per heavy atom. The number of nitrogens with zero attached hydrogens (tertiary/aromatic N) is 1. The first kappa shape index (κ1) is 20.8. The fourth-order valence-electron chi connectivity index (χ4n) is 2.65. The molecular formula is C17H23N3O6S. The van der Waals surface area contributed by atoms with Crippen molar-refractivity contribution >= 4 is 27.8 Å². The minimum Gasteiger partial charge on any atom is -0.480 e. The van der Waals surface area contributed by atoms with Crippen LogP contribution in [0.25, 0.3) is 0 Å². The summed E-state index contributed by atoms with van der Waals surface area (Å²) in [5.74, 6) is -2.06. The maximum atomic E-state index is 12.6. The van der Waals surface area contributed by atoms with E-state index in [1.807, 2.05) is 6.92 Å². The number of carbonyl (C=O) groups is 3. The van der Waals surface area contributed by atoms with Gasteiger partial charge in [0.2, 0.25) is 15.9 Å². The van der Waals surface area contributed by atoms with Crippen LogP contribution in [-0.4, -0.2) is 61.3 Å². The zero-order valence-corrected chi connectivity index (χ0v) is 15.8. The predicted molar refractivity (Wildman–Crippen MR) is 96.6 cm³/mol. The summed E-state index contributed by atoms with van der Waals surface area (Å²) in [7, 11) is -3.84. The van der Waals surface area contributed by atoms with Crippen molar-refractivity contribution in [2.45, 2.75) is 37.1 Å². The molecule has 0 bridgehead atoms. The Hall–Kier alpha value is -2.46. The molecular weight excluding hydrogens is 374 g/mol. The van der Waals surface area contributed by atoms with Gasteiger partial charge in [-0.25, -0.2) is 13.2 Å². The standard InChI is InChI=1S/C17H23N3O6S/c1-2-3-4-14(17(23)24)19-16(22)12-5-7-13(8-6-12)27(25,26)20-10-9-18-15(21)11-20/h5-8,14H,2-4,9-11H2,1H3,(H,18,21)(H,19,22)(H,23,24). The summed E-state index contributed by atoms with van der Waals surface area (Å²) in [6.07, 6.45) is 1.79. The molecule has 3 N–H and O–H groups in total. The van der Waals surface area contributed by atoms with Crippen molar-refractivity contribution in [1.29, 1.82) is 0 Å². The van der Waals surface area contributed by atoms with Crippen molar-refractivity contribution in [2.24, 2.45) is 0 Å². The summed E-state index contributed by atoms with van der Waals surface area (Å²) in [5.41, 5.74) is 0.160. The SMILES string of the molecule is CCCCC(NC(=O)c1ccc(S(=O)(=O)N2CCNC(=O)C2)cc1)C(=O)O. The van der Waals surface area contributed by atoms with Gasteiger partial charge in [-0.05, 0) is 30.7 Å². The molecule has 0 aromatic heterocycles.